The van der Waals surface area contributed by atoms with Crippen LogP contribution in [0.4, 0.5) is 11.6 Å². The van der Waals surface area contributed by atoms with Crippen molar-refractivity contribution in [2.75, 3.05) is 17.2 Å². The van der Waals surface area contributed by atoms with Crippen molar-refractivity contribution >= 4 is 23.2 Å². The molecule has 25 heavy (non-hydrogen) atoms. The van der Waals surface area contributed by atoms with Crippen LogP contribution < -0.4 is 10.6 Å². The Kier molecular flexibility index (Phi) is 5.86. The van der Waals surface area contributed by atoms with Crippen LogP contribution in [-0.2, 0) is 13.0 Å². The molecule has 2 N–H and O–H groups in total. The fourth-order valence-electron chi connectivity index (χ4n) is 2.53. The number of aromatic nitrogens is 2. The number of aryl methyl sites for hydroxylation is 1. The molecule has 0 saturated carbocycles. The molecule has 128 valence electrons. The maximum absolute atomic E-state index is 5.90. The van der Waals surface area contributed by atoms with E-state index in [2.05, 4.69) is 39.7 Å². The Morgan fingerprint density at radius 3 is 2.40 bits per heavy atom. The van der Waals surface area contributed by atoms with Gasteiger partial charge < -0.3 is 10.6 Å². The summed E-state index contributed by atoms with van der Waals surface area (Å²) >= 11 is 5.90. The summed E-state index contributed by atoms with van der Waals surface area (Å²) in [6.07, 6.45) is 2.48. The first-order valence-corrected chi connectivity index (χ1v) is 8.67. The van der Waals surface area contributed by atoms with Crippen molar-refractivity contribution in [2.24, 2.45) is 0 Å². The SMILES string of the molecule is Cc1ccccc1CNc1cc(NCCc2ccc(Cl)cc2)ncn1. The number of anilines is 2. The summed E-state index contributed by atoms with van der Waals surface area (Å²) in [5.41, 5.74) is 3.77. The minimum absolute atomic E-state index is 0.744. The first-order chi connectivity index (χ1) is 12.2. The van der Waals surface area contributed by atoms with Crippen LogP contribution in [0.25, 0.3) is 0 Å². The van der Waals surface area contributed by atoms with Crippen LogP contribution in [0.15, 0.2) is 60.9 Å². The van der Waals surface area contributed by atoms with Crippen molar-refractivity contribution in [1.29, 1.82) is 0 Å². The molecule has 5 heteroatoms. The second-order valence-electron chi connectivity index (χ2n) is 5.87. The zero-order chi connectivity index (χ0) is 17.5. The largest absolute Gasteiger partial charge is 0.370 e. The smallest absolute Gasteiger partial charge is 0.131 e. The van der Waals surface area contributed by atoms with Crippen molar-refractivity contribution in [2.45, 2.75) is 19.9 Å². The van der Waals surface area contributed by atoms with E-state index in [0.29, 0.717) is 0 Å². The van der Waals surface area contributed by atoms with Crippen molar-refractivity contribution in [3.63, 3.8) is 0 Å². The van der Waals surface area contributed by atoms with Crippen LogP contribution in [0.1, 0.15) is 16.7 Å². The summed E-state index contributed by atoms with van der Waals surface area (Å²) in [6.45, 7) is 3.66. The van der Waals surface area contributed by atoms with Crippen LogP contribution in [0, 0.1) is 6.92 Å². The van der Waals surface area contributed by atoms with Crippen LogP contribution in [0.5, 0.6) is 0 Å². The molecule has 0 radical (unpaired) electrons. The summed E-state index contributed by atoms with van der Waals surface area (Å²) in [4.78, 5) is 8.56. The average Bonchev–Trinajstić information content (AvgIpc) is 2.63. The molecule has 2 aromatic carbocycles. The number of benzene rings is 2. The lowest BCUT2D eigenvalue weighted by molar-refractivity contribution is 0.995. The first kappa shape index (κ1) is 17.2. The zero-order valence-corrected chi connectivity index (χ0v) is 14.9. The van der Waals surface area contributed by atoms with Crippen molar-refractivity contribution in [3.8, 4) is 0 Å². The fraction of sp³-hybridized carbons (Fsp3) is 0.200. The van der Waals surface area contributed by atoms with Crippen LogP contribution >= 0.6 is 11.6 Å². The van der Waals surface area contributed by atoms with Gasteiger partial charge in [0.2, 0.25) is 0 Å². The van der Waals surface area contributed by atoms with E-state index < -0.39 is 0 Å². The van der Waals surface area contributed by atoms with Gasteiger partial charge in [-0.25, -0.2) is 9.97 Å². The molecule has 0 saturated heterocycles. The van der Waals surface area contributed by atoms with E-state index >= 15 is 0 Å². The molecule has 0 atom stereocenters. The van der Waals surface area contributed by atoms with Gasteiger partial charge in [0, 0.05) is 24.2 Å². The number of nitrogens with one attached hydrogen (secondary N) is 2. The first-order valence-electron chi connectivity index (χ1n) is 8.29. The third-order valence-electron chi connectivity index (χ3n) is 4.02. The van der Waals surface area contributed by atoms with E-state index in [1.165, 1.54) is 16.7 Å². The Morgan fingerprint density at radius 2 is 1.64 bits per heavy atom. The molecule has 0 spiro atoms. The fourth-order valence-corrected chi connectivity index (χ4v) is 2.66. The third kappa shape index (κ3) is 5.19. The Hall–Kier alpha value is -2.59. The highest BCUT2D eigenvalue weighted by atomic mass is 35.5. The second kappa shape index (κ2) is 8.49. The quantitative estimate of drug-likeness (QED) is 0.646. The molecule has 4 nitrogen and oxygen atoms in total. The van der Waals surface area contributed by atoms with Gasteiger partial charge in [-0.2, -0.15) is 0 Å². The van der Waals surface area contributed by atoms with Crippen LogP contribution in [-0.4, -0.2) is 16.5 Å². The topological polar surface area (TPSA) is 49.8 Å². The number of rotatable bonds is 7. The third-order valence-corrected chi connectivity index (χ3v) is 4.27. The minimum atomic E-state index is 0.744. The molecule has 0 aliphatic rings. The maximum Gasteiger partial charge on any atom is 0.131 e. The molecule has 0 aliphatic heterocycles. The second-order valence-corrected chi connectivity index (χ2v) is 6.31. The standard InChI is InChI=1S/C20H21ClN4/c1-15-4-2-3-5-17(15)13-23-20-12-19(24-14-25-20)22-11-10-16-6-8-18(21)9-7-16/h2-9,12,14H,10-11,13H2,1H3,(H2,22,23,24,25). The Morgan fingerprint density at radius 1 is 0.920 bits per heavy atom. The van der Waals surface area contributed by atoms with Crippen molar-refractivity contribution in [3.05, 3.63) is 82.6 Å². The minimum Gasteiger partial charge on any atom is -0.370 e. The zero-order valence-electron chi connectivity index (χ0n) is 14.2. The van der Waals surface area contributed by atoms with Crippen LogP contribution in [0.2, 0.25) is 5.02 Å². The van der Waals surface area contributed by atoms with Crippen molar-refractivity contribution in [1.82, 2.24) is 9.97 Å². The molecule has 0 unspecified atom stereocenters. The summed E-state index contributed by atoms with van der Waals surface area (Å²) in [7, 11) is 0. The Balaban J connectivity index is 1.52. The number of hydrogen-bond donors (Lipinski definition) is 2. The van der Waals surface area contributed by atoms with Gasteiger partial charge >= 0.3 is 0 Å². The predicted molar refractivity (Wildman–Crippen MR) is 104 cm³/mol. The maximum atomic E-state index is 5.90. The van der Waals surface area contributed by atoms with Crippen molar-refractivity contribution < 1.29 is 0 Å². The summed E-state index contributed by atoms with van der Waals surface area (Å²) in [5.74, 6) is 1.63. The highest BCUT2D eigenvalue weighted by Gasteiger charge is 2.01. The van der Waals surface area contributed by atoms with E-state index in [0.717, 1.165) is 36.2 Å². The van der Waals surface area contributed by atoms with Gasteiger partial charge in [0.15, 0.2) is 0 Å². The molecule has 1 heterocycles. The van der Waals surface area contributed by atoms with Gasteiger partial charge in [-0.1, -0.05) is 48.0 Å². The lowest BCUT2D eigenvalue weighted by Crippen LogP contribution is -2.08. The highest BCUT2D eigenvalue weighted by molar-refractivity contribution is 6.30. The Labute approximate surface area is 153 Å². The number of hydrogen-bond acceptors (Lipinski definition) is 4. The molecular formula is C20H21ClN4. The number of nitrogens with zero attached hydrogens (tertiary/aromatic N) is 2. The average molecular weight is 353 g/mol. The van der Waals surface area contributed by atoms with Gasteiger partial charge in [-0.3, -0.25) is 0 Å². The van der Waals surface area contributed by atoms with Crippen LogP contribution in [0.3, 0.4) is 0 Å². The van der Waals surface area contributed by atoms with Gasteiger partial charge in [-0.15, -0.1) is 0 Å². The van der Waals surface area contributed by atoms with E-state index in [1.54, 1.807) is 6.33 Å². The molecule has 1 aromatic heterocycles. The molecule has 0 fully saturated rings. The molecule has 3 rings (SSSR count). The van der Waals surface area contributed by atoms with Gasteiger partial charge in [0.25, 0.3) is 0 Å². The summed E-state index contributed by atoms with van der Waals surface area (Å²) < 4.78 is 0. The molecule has 3 aromatic rings. The molecule has 0 bridgehead atoms. The van der Waals surface area contributed by atoms with E-state index in [1.807, 2.05) is 42.5 Å². The van der Waals surface area contributed by atoms with E-state index in [-0.39, 0.29) is 0 Å². The predicted octanol–water partition coefficient (Wildman–Crippen LogP) is 4.71. The highest BCUT2D eigenvalue weighted by Crippen LogP contribution is 2.13. The van der Waals surface area contributed by atoms with E-state index in [9.17, 15) is 0 Å². The number of halogens is 1. The van der Waals surface area contributed by atoms with E-state index in [4.69, 9.17) is 11.6 Å². The van der Waals surface area contributed by atoms with Gasteiger partial charge in [0.05, 0.1) is 0 Å². The monoisotopic (exact) mass is 352 g/mol. The molecule has 0 aliphatic carbocycles. The Bertz CT molecular complexity index is 818. The normalized spacial score (nSPS) is 10.5. The lowest BCUT2D eigenvalue weighted by atomic mass is 10.1. The molecular weight excluding hydrogens is 332 g/mol. The van der Waals surface area contributed by atoms with Gasteiger partial charge in [-0.05, 0) is 42.2 Å². The summed E-state index contributed by atoms with van der Waals surface area (Å²) in [5, 5.41) is 7.45. The van der Waals surface area contributed by atoms with Gasteiger partial charge in [0.1, 0.15) is 18.0 Å². The lowest BCUT2D eigenvalue weighted by Gasteiger charge is -2.10. The summed E-state index contributed by atoms with van der Waals surface area (Å²) in [6, 6.07) is 18.2. The molecule has 0 amide bonds.